The molecule has 1 aromatic rings. The summed E-state index contributed by atoms with van der Waals surface area (Å²) < 4.78 is 20.1. The smallest absolute Gasteiger partial charge is 0.0594 e. The van der Waals surface area contributed by atoms with E-state index in [4.69, 9.17) is 7.48 Å². The summed E-state index contributed by atoms with van der Waals surface area (Å²) in [6, 6.07) is 10.1. The Morgan fingerprint density at radius 2 is 2.15 bits per heavy atom. The monoisotopic (exact) mass is 179 g/mol. The SMILES string of the molecule is [2H]C1([2H])CN(Cc2ccccc2)CCO1. The summed E-state index contributed by atoms with van der Waals surface area (Å²) in [5.41, 5.74) is 1.22. The molecule has 0 N–H and O–H groups in total. The average molecular weight is 179 g/mol. The molecule has 0 spiro atoms. The van der Waals surface area contributed by atoms with Crippen molar-refractivity contribution < 1.29 is 7.48 Å². The van der Waals surface area contributed by atoms with Crippen LogP contribution in [0.1, 0.15) is 8.30 Å². The Labute approximate surface area is 81.9 Å². The van der Waals surface area contributed by atoms with Crippen LogP contribution in [0.15, 0.2) is 30.3 Å². The van der Waals surface area contributed by atoms with Gasteiger partial charge in [-0.2, -0.15) is 0 Å². The summed E-state index contributed by atoms with van der Waals surface area (Å²) in [5.74, 6) is 0. The molecule has 2 heteroatoms. The lowest BCUT2D eigenvalue weighted by molar-refractivity contribution is 0.0342. The first-order valence-corrected chi connectivity index (χ1v) is 4.56. The van der Waals surface area contributed by atoms with Gasteiger partial charge >= 0.3 is 0 Å². The molecule has 0 amide bonds. The number of hydrogen-bond acceptors (Lipinski definition) is 2. The van der Waals surface area contributed by atoms with Crippen molar-refractivity contribution in [2.24, 2.45) is 0 Å². The minimum Gasteiger partial charge on any atom is -0.379 e. The van der Waals surface area contributed by atoms with Crippen molar-refractivity contribution in [2.75, 3.05) is 26.3 Å². The van der Waals surface area contributed by atoms with Crippen LogP contribution in [0, 0.1) is 0 Å². The summed E-state index contributed by atoms with van der Waals surface area (Å²) in [4.78, 5) is 2.08. The highest BCUT2D eigenvalue weighted by Gasteiger charge is 2.09. The van der Waals surface area contributed by atoms with Gasteiger partial charge < -0.3 is 4.74 Å². The molecule has 2 nitrogen and oxygen atoms in total. The normalized spacial score (nSPS) is 24.9. The first-order chi connectivity index (χ1) is 7.16. The van der Waals surface area contributed by atoms with Crippen molar-refractivity contribution in [1.29, 1.82) is 0 Å². The maximum Gasteiger partial charge on any atom is 0.0594 e. The van der Waals surface area contributed by atoms with Gasteiger partial charge in [-0.25, -0.2) is 0 Å². The quantitative estimate of drug-likeness (QED) is 0.682. The van der Waals surface area contributed by atoms with Crippen molar-refractivity contribution >= 4 is 0 Å². The van der Waals surface area contributed by atoms with E-state index in [1.165, 1.54) is 5.56 Å². The summed E-state index contributed by atoms with van der Waals surface area (Å²) in [6.07, 6.45) is 0. The molecule has 1 aliphatic heterocycles. The van der Waals surface area contributed by atoms with Crippen molar-refractivity contribution in [3.05, 3.63) is 35.9 Å². The van der Waals surface area contributed by atoms with Crippen molar-refractivity contribution in [3.8, 4) is 0 Å². The highest BCUT2D eigenvalue weighted by Crippen LogP contribution is 2.05. The molecule has 0 unspecified atom stereocenters. The van der Waals surface area contributed by atoms with Gasteiger partial charge in [0.05, 0.1) is 15.9 Å². The molecule has 1 aromatic carbocycles. The number of hydrogen-bond donors (Lipinski definition) is 0. The number of benzene rings is 1. The van der Waals surface area contributed by atoms with Gasteiger partial charge in [-0.05, 0) is 5.56 Å². The Morgan fingerprint density at radius 3 is 2.92 bits per heavy atom. The van der Waals surface area contributed by atoms with Gasteiger partial charge in [0.1, 0.15) is 0 Å². The maximum atomic E-state index is 7.53. The van der Waals surface area contributed by atoms with Crippen LogP contribution >= 0.6 is 0 Å². The Kier molecular flexibility index (Phi) is 2.22. The van der Waals surface area contributed by atoms with E-state index in [1.807, 2.05) is 18.2 Å². The summed E-state index contributed by atoms with van der Waals surface area (Å²) >= 11 is 0. The van der Waals surface area contributed by atoms with Crippen molar-refractivity contribution in [1.82, 2.24) is 4.90 Å². The Hall–Kier alpha value is -0.860. The zero-order valence-electron chi connectivity index (χ0n) is 9.57. The molecule has 1 saturated heterocycles. The van der Waals surface area contributed by atoms with Crippen LogP contribution in [-0.2, 0) is 11.3 Å². The molecule has 0 bridgehead atoms. The van der Waals surface area contributed by atoms with Crippen LogP contribution in [0.25, 0.3) is 0 Å². The average Bonchev–Trinajstić information content (AvgIpc) is 2.17. The maximum absolute atomic E-state index is 7.53. The fourth-order valence-corrected chi connectivity index (χ4v) is 1.44. The fourth-order valence-electron chi connectivity index (χ4n) is 1.44. The van der Waals surface area contributed by atoms with Gasteiger partial charge in [0, 0.05) is 19.6 Å². The second-order valence-corrected chi connectivity index (χ2v) is 3.19. The van der Waals surface area contributed by atoms with Crippen LogP contribution in [0.2, 0.25) is 0 Å². The van der Waals surface area contributed by atoms with Gasteiger partial charge in [-0.15, -0.1) is 0 Å². The van der Waals surface area contributed by atoms with Crippen molar-refractivity contribution in [3.63, 3.8) is 0 Å². The molecule has 0 atom stereocenters. The van der Waals surface area contributed by atoms with Crippen LogP contribution < -0.4 is 0 Å². The molecule has 2 rings (SSSR count). The lowest BCUT2D eigenvalue weighted by atomic mass is 10.2. The zero-order valence-corrected chi connectivity index (χ0v) is 7.57. The van der Waals surface area contributed by atoms with Gasteiger partial charge in [0.2, 0.25) is 0 Å². The second-order valence-electron chi connectivity index (χ2n) is 3.19. The van der Waals surface area contributed by atoms with E-state index >= 15 is 0 Å². The standard InChI is InChI=1S/C11H15NO/c1-2-4-11(5-3-1)10-12-6-8-13-9-7-12/h1-5H,6-10H2/i8D2. The summed E-state index contributed by atoms with van der Waals surface area (Å²) in [7, 11) is 0. The first-order valence-electron chi connectivity index (χ1n) is 5.56. The Bertz CT molecular complexity index is 316. The second kappa shape index (κ2) is 4.40. The molecule has 70 valence electrons. The largest absolute Gasteiger partial charge is 0.379 e. The third-order valence-electron chi connectivity index (χ3n) is 2.15. The predicted molar refractivity (Wildman–Crippen MR) is 52.5 cm³/mol. The van der Waals surface area contributed by atoms with Gasteiger partial charge in [0.25, 0.3) is 0 Å². The van der Waals surface area contributed by atoms with E-state index < -0.39 is 6.56 Å². The minimum absolute atomic E-state index is 0.349. The Balaban J connectivity index is 1.95. The molecule has 0 saturated carbocycles. The van der Waals surface area contributed by atoms with Crippen LogP contribution in [0.3, 0.4) is 0 Å². The topological polar surface area (TPSA) is 12.5 Å². The molecule has 0 radical (unpaired) electrons. The molecule has 0 aliphatic carbocycles. The highest BCUT2D eigenvalue weighted by atomic mass is 16.5. The lowest BCUT2D eigenvalue weighted by Crippen LogP contribution is -2.35. The highest BCUT2D eigenvalue weighted by molar-refractivity contribution is 5.14. The summed E-state index contributed by atoms with van der Waals surface area (Å²) in [6.45, 7) is 0.923. The zero-order chi connectivity index (χ0) is 10.7. The van der Waals surface area contributed by atoms with Crippen LogP contribution in [0.5, 0.6) is 0 Å². The van der Waals surface area contributed by atoms with Gasteiger partial charge in [-0.1, -0.05) is 30.3 Å². The van der Waals surface area contributed by atoms with E-state index in [1.54, 1.807) is 0 Å². The number of morpholine rings is 1. The minimum atomic E-state index is -1.49. The van der Waals surface area contributed by atoms with E-state index in [2.05, 4.69) is 17.0 Å². The molecule has 13 heavy (non-hydrogen) atoms. The van der Waals surface area contributed by atoms with Crippen LogP contribution in [-0.4, -0.2) is 31.2 Å². The third kappa shape index (κ3) is 2.54. The van der Waals surface area contributed by atoms with Crippen LogP contribution in [0.4, 0.5) is 0 Å². The molecule has 1 aliphatic rings. The summed E-state index contributed by atoms with van der Waals surface area (Å²) in [5, 5.41) is 0. The van der Waals surface area contributed by atoms with E-state index in [0.29, 0.717) is 13.2 Å². The number of ether oxygens (including phenoxy) is 1. The van der Waals surface area contributed by atoms with Gasteiger partial charge in [0.15, 0.2) is 0 Å². The first kappa shape index (κ1) is 6.57. The van der Waals surface area contributed by atoms with Gasteiger partial charge in [-0.3, -0.25) is 4.90 Å². The number of nitrogens with zero attached hydrogens (tertiary/aromatic N) is 1. The van der Waals surface area contributed by atoms with Crippen molar-refractivity contribution in [2.45, 2.75) is 6.54 Å². The predicted octanol–water partition coefficient (Wildman–Crippen LogP) is 1.52. The lowest BCUT2D eigenvalue weighted by Gasteiger charge is -2.26. The molecule has 0 aromatic heterocycles. The van der Waals surface area contributed by atoms with E-state index in [0.717, 1.165) is 13.1 Å². The fraction of sp³-hybridized carbons (Fsp3) is 0.455. The number of rotatable bonds is 2. The Morgan fingerprint density at radius 1 is 1.31 bits per heavy atom. The molecule has 1 heterocycles. The molecule has 1 fully saturated rings. The van der Waals surface area contributed by atoms with E-state index in [-0.39, 0.29) is 0 Å². The molecular formula is C11H15NO. The molecular weight excluding hydrogens is 162 g/mol. The third-order valence-corrected chi connectivity index (χ3v) is 2.15. The van der Waals surface area contributed by atoms with E-state index in [9.17, 15) is 0 Å².